The lowest BCUT2D eigenvalue weighted by Crippen LogP contribution is -2.37. The van der Waals surface area contributed by atoms with E-state index in [0.717, 1.165) is 41.7 Å². The van der Waals surface area contributed by atoms with Gasteiger partial charge in [-0.1, -0.05) is 26.0 Å². The van der Waals surface area contributed by atoms with Gasteiger partial charge < -0.3 is 15.4 Å². The van der Waals surface area contributed by atoms with Crippen LogP contribution in [-0.4, -0.2) is 25.1 Å². The van der Waals surface area contributed by atoms with Crippen LogP contribution in [0.1, 0.15) is 39.2 Å². The fraction of sp³-hybridized carbons (Fsp3) is 0.562. The van der Waals surface area contributed by atoms with Crippen molar-refractivity contribution in [2.24, 2.45) is 0 Å². The zero-order chi connectivity index (χ0) is 15.7. The Bertz CT molecular complexity index is 452. The second-order valence-corrected chi connectivity index (χ2v) is 5.81. The van der Waals surface area contributed by atoms with E-state index >= 15 is 0 Å². The van der Waals surface area contributed by atoms with Gasteiger partial charge in [0.15, 0.2) is 6.10 Å². The molecule has 1 aromatic rings. The number of carbonyl (C=O) groups excluding carboxylic acids is 1. The second kappa shape index (κ2) is 9.79. The number of hydrogen-bond acceptors (Lipinski definition) is 3. The largest absolute Gasteiger partial charge is 0.479 e. The lowest BCUT2D eigenvalue weighted by molar-refractivity contribution is -0.127. The van der Waals surface area contributed by atoms with Gasteiger partial charge in [0.1, 0.15) is 5.75 Å². The van der Waals surface area contributed by atoms with Gasteiger partial charge in [0.25, 0.3) is 5.91 Å². The van der Waals surface area contributed by atoms with E-state index in [4.69, 9.17) is 4.74 Å². The summed E-state index contributed by atoms with van der Waals surface area (Å²) in [7, 11) is 0. The first kappa shape index (κ1) is 18.0. The maximum atomic E-state index is 11.9. The van der Waals surface area contributed by atoms with Gasteiger partial charge in [-0.15, -0.1) is 0 Å². The van der Waals surface area contributed by atoms with Crippen molar-refractivity contribution in [3.8, 4) is 5.75 Å². The number of benzene rings is 1. The molecule has 0 aliphatic carbocycles. The van der Waals surface area contributed by atoms with Crippen molar-refractivity contribution in [3.63, 3.8) is 0 Å². The number of para-hydroxylation sites is 1. The number of nitrogens with one attached hydrogen (secondary N) is 2. The van der Waals surface area contributed by atoms with Gasteiger partial charge in [0.2, 0.25) is 0 Å². The minimum Gasteiger partial charge on any atom is -0.479 e. The summed E-state index contributed by atoms with van der Waals surface area (Å²) in [5.41, 5.74) is 1.05. The van der Waals surface area contributed by atoms with Crippen LogP contribution in [0, 0.1) is 0 Å². The van der Waals surface area contributed by atoms with E-state index in [2.05, 4.69) is 33.5 Å². The molecule has 5 heteroatoms. The third-order valence-corrected chi connectivity index (χ3v) is 3.63. The van der Waals surface area contributed by atoms with Crippen LogP contribution in [0.15, 0.2) is 22.7 Å². The van der Waals surface area contributed by atoms with E-state index in [1.54, 1.807) is 6.92 Å². The first-order chi connectivity index (χ1) is 10.1. The molecule has 1 unspecified atom stereocenters. The molecule has 1 rings (SSSR count). The molecular weight excluding hydrogens is 332 g/mol. The van der Waals surface area contributed by atoms with Crippen molar-refractivity contribution in [2.45, 2.75) is 46.3 Å². The molecule has 1 aromatic carbocycles. The molecule has 2 N–H and O–H groups in total. The van der Waals surface area contributed by atoms with Gasteiger partial charge in [-0.05, 0) is 48.3 Å². The Morgan fingerprint density at radius 2 is 2.00 bits per heavy atom. The second-order valence-electron chi connectivity index (χ2n) is 4.96. The van der Waals surface area contributed by atoms with Crippen LogP contribution in [0.2, 0.25) is 0 Å². The normalized spacial score (nSPS) is 12.0. The van der Waals surface area contributed by atoms with Gasteiger partial charge in [-0.2, -0.15) is 0 Å². The van der Waals surface area contributed by atoms with E-state index in [-0.39, 0.29) is 5.91 Å². The SMILES string of the molecule is CCCNCc1cccc(Br)c1OC(C)C(=O)NCCC. The molecular formula is C16H25BrN2O2. The summed E-state index contributed by atoms with van der Waals surface area (Å²) < 4.78 is 6.74. The van der Waals surface area contributed by atoms with Crippen LogP contribution in [0.25, 0.3) is 0 Å². The van der Waals surface area contributed by atoms with Crippen molar-refractivity contribution in [3.05, 3.63) is 28.2 Å². The van der Waals surface area contributed by atoms with Gasteiger partial charge in [0, 0.05) is 18.7 Å². The van der Waals surface area contributed by atoms with Crippen LogP contribution in [-0.2, 0) is 11.3 Å². The molecule has 0 aliphatic rings. The van der Waals surface area contributed by atoms with E-state index in [0.29, 0.717) is 6.54 Å². The van der Waals surface area contributed by atoms with Crippen molar-refractivity contribution in [1.29, 1.82) is 0 Å². The van der Waals surface area contributed by atoms with Crippen LogP contribution >= 0.6 is 15.9 Å². The molecule has 21 heavy (non-hydrogen) atoms. The highest BCUT2D eigenvalue weighted by Gasteiger charge is 2.17. The summed E-state index contributed by atoms with van der Waals surface area (Å²) in [6, 6.07) is 5.91. The molecule has 4 nitrogen and oxygen atoms in total. The highest BCUT2D eigenvalue weighted by molar-refractivity contribution is 9.10. The molecule has 0 saturated carbocycles. The third-order valence-electron chi connectivity index (χ3n) is 3.00. The van der Waals surface area contributed by atoms with Crippen LogP contribution in [0.4, 0.5) is 0 Å². The van der Waals surface area contributed by atoms with Gasteiger partial charge >= 0.3 is 0 Å². The molecule has 0 saturated heterocycles. The number of ether oxygens (including phenoxy) is 1. The Morgan fingerprint density at radius 3 is 2.67 bits per heavy atom. The number of hydrogen-bond donors (Lipinski definition) is 2. The highest BCUT2D eigenvalue weighted by Crippen LogP contribution is 2.30. The molecule has 0 heterocycles. The van der Waals surface area contributed by atoms with E-state index < -0.39 is 6.10 Å². The third kappa shape index (κ3) is 6.06. The maximum absolute atomic E-state index is 11.9. The lowest BCUT2D eigenvalue weighted by atomic mass is 10.2. The van der Waals surface area contributed by atoms with Crippen molar-refractivity contribution in [2.75, 3.05) is 13.1 Å². The lowest BCUT2D eigenvalue weighted by Gasteiger charge is -2.18. The molecule has 0 aliphatic heterocycles. The molecule has 0 fully saturated rings. The van der Waals surface area contributed by atoms with Gasteiger partial charge in [-0.3, -0.25) is 4.79 Å². The molecule has 0 bridgehead atoms. The summed E-state index contributed by atoms with van der Waals surface area (Å²) in [5, 5.41) is 6.20. The molecule has 0 aromatic heterocycles. The summed E-state index contributed by atoms with van der Waals surface area (Å²) >= 11 is 3.50. The first-order valence-electron chi connectivity index (χ1n) is 7.52. The quantitative estimate of drug-likeness (QED) is 0.667. The molecule has 0 spiro atoms. The Kier molecular flexibility index (Phi) is 8.38. The Morgan fingerprint density at radius 1 is 1.29 bits per heavy atom. The predicted octanol–water partition coefficient (Wildman–Crippen LogP) is 3.24. The fourth-order valence-electron chi connectivity index (χ4n) is 1.85. The average Bonchev–Trinajstić information content (AvgIpc) is 2.48. The Hall–Kier alpha value is -1.07. The van der Waals surface area contributed by atoms with Crippen molar-refractivity contribution >= 4 is 21.8 Å². The summed E-state index contributed by atoms with van der Waals surface area (Å²) in [6.45, 7) is 8.29. The molecule has 118 valence electrons. The van der Waals surface area contributed by atoms with Crippen LogP contribution in [0.5, 0.6) is 5.75 Å². The number of halogens is 1. The van der Waals surface area contributed by atoms with Gasteiger partial charge in [-0.25, -0.2) is 0 Å². The molecule has 0 radical (unpaired) electrons. The van der Waals surface area contributed by atoms with Gasteiger partial charge in [0.05, 0.1) is 4.47 Å². The number of amides is 1. The minimum absolute atomic E-state index is 0.0833. The Balaban J connectivity index is 2.73. The summed E-state index contributed by atoms with van der Waals surface area (Å²) in [5.74, 6) is 0.653. The summed E-state index contributed by atoms with van der Waals surface area (Å²) in [4.78, 5) is 11.9. The first-order valence-corrected chi connectivity index (χ1v) is 8.31. The summed E-state index contributed by atoms with van der Waals surface area (Å²) in [6.07, 6.45) is 1.49. The van der Waals surface area contributed by atoms with Crippen LogP contribution in [0.3, 0.4) is 0 Å². The smallest absolute Gasteiger partial charge is 0.260 e. The van der Waals surface area contributed by atoms with Crippen molar-refractivity contribution in [1.82, 2.24) is 10.6 Å². The zero-order valence-corrected chi connectivity index (χ0v) is 14.6. The van der Waals surface area contributed by atoms with E-state index in [9.17, 15) is 4.79 Å². The monoisotopic (exact) mass is 356 g/mol. The number of rotatable bonds is 9. The maximum Gasteiger partial charge on any atom is 0.260 e. The zero-order valence-electron chi connectivity index (χ0n) is 13.0. The fourth-order valence-corrected chi connectivity index (χ4v) is 2.35. The molecule has 1 amide bonds. The average molecular weight is 357 g/mol. The van der Waals surface area contributed by atoms with E-state index in [1.807, 2.05) is 25.1 Å². The van der Waals surface area contributed by atoms with Crippen LogP contribution < -0.4 is 15.4 Å². The van der Waals surface area contributed by atoms with E-state index in [1.165, 1.54) is 0 Å². The van der Waals surface area contributed by atoms with Crippen molar-refractivity contribution < 1.29 is 9.53 Å². The molecule has 1 atom stereocenters. The topological polar surface area (TPSA) is 50.4 Å². The number of carbonyl (C=O) groups is 1. The minimum atomic E-state index is -0.514. The predicted molar refractivity (Wildman–Crippen MR) is 89.5 cm³/mol. The standard InChI is InChI=1S/C16H25BrN2O2/c1-4-9-18-11-13-7-6-8-14(17)15(13)21-12(3)16(20)19-10-5-2/h6-8,12,18H,4-5,9-11H2,1-3H3,(H,19,20). The highest BCUT2D eigenvalue weighted by atomic mass is 79.9. The Labute approximate surface area is 135 Å².